The lowest BCUT2D eigenvalue weighted by Crippen LogP contribution is -2.31. The average molecular weight is 235 g/mol. The highest BCUT2D eigenvalue weighted by Gasteiger charge is 2.15. The van der Waals surface area contributed by atoms with Crippen LogP contribution in [0.15, 0.2) is 30.3 Å². The van der Waals surface area contributed by atoms with E-state index < -0.39 is 0 Å². The van der Waals surface area contributed by atoms with Gasteiger partial charge in [0.05, 0.1) is 13.2 Å². The number of benzene rings is 1. The summed E-state index contributed by atoms with van der Waals surface area (Å²) >= 11 is 0. The summed E-state index contributed by atoms with van der Waals surface area (Å²) in [7, 11) is 0. The number of ether oxygens (including phenoxy) is 2. The van der Waals surface area contributed by atoms with Crippen LogP contribution in [0.3, 0.4) is 0 Å². The molecule has 0 unspecified atom stereocenters. The summed E-state index contributed by atoms with van der Waals surface area (Å²) < 4.78 is 11.1. The van der Waals surface area contributed by atoms with E-state index in [0.29, 0.717) is 0 Å². The van der Waals surface area contributed by atoms with Crippen molar-refractivity contribution in [3.05, 3.63) is 30.3 Å². The Balaban J connectivity index is 1.83. The maximum atomic E-state index is 5.56. The maximum absolute atomic E-state index is 5.56. The molecule has 1 aromatic rings. The fraction of sp³-hybridized carbons (Fsp3) is 0.571. The van der Waals surface area contributed by atoms with Crippen molar-refractivity contribution in [2.45, 2.75) is 26.1 Å². The van der Waals surface area contributed by atoms with Gasteiger partial charge in [0.2, 0.25) is 0 Å². The molecule has 0 N–H and O–H groups in total. The van der Waals surface area contributed by atoms with Crippen molar-refractivity contribution in [2.75, 3.05) is 31.2 Å². The van der Waals surface area contributed by atoms with Crippen LogP contribution in [0.4, 0.5) is 5.69 Å². The van der Waals surface area contributed by atoms with Gasteiger partial charge in [-0.15, -0.1) is 0 Å². The fourth-order valence-electron chi connectivity index (χ4n) is 2.07. The SMILES string of the molecule is CCN(CCC1OCCCO1)c1ccccc1. The van der Waals surface area contributed by atoms with Crippen LogP contribution in [0.25, 0.3) is 0 Å². The Morgan fingerprint density at radius 1 is 1.18 bits per heavy atom. The molecule has 2 rings (SSSR count). The zero-order valence-corrected chi connectivity index (χ0v) is 10.5. The maximum Gasteiger partial charge on any atom is 0.159 e. The van der Waals surface area contributed by atoms with E-state index in [2.05, 4.69) is 36.1 Å². The molecule has 1 aromatic carbocycles. The van der Waals surface area contributed by atoms with Gasteiger partial charge in [0.1, 0.15) is 0 Å². The van der Waals surface area contributed by atoms with Gasteiger partial charge in [-0.1, -0.05) is 18.2 Å². The van der Waals surface area contributed by atoms with E-state index in [1.165, 1.54) is 5.69 Å². The van der Waals surface area contributed by atoms with Crippen LogP contribution in [0.5, 0.6) is 0 Å². The lowest BCUT2D eigenvalue weighted by molar-refractivity contribution is -0.179. The topological polar surface area (TPSA) is 21.7 Å². The number of hydrogen-bond acceptors (Lipinski definition) is 3. The second-order valence-electron chi connectivity index (χ2n) is 4.23. The van der Waals surface area contributed by atoms with E-state index in [1.54, 1.807) is 0 Å². The summed E-state index contributed by atoms with van der Waals surface area (Å²) in [5.41, 5.74) is 1.27. The molecule has 1 aliphatic heterocycles. The van der Waals surface area contributed by atoms with Gasteiger partial charge < -0.3 is 14.4 Å². The van der Waals surface area contributed by atoms with Crippen molar-refractivity contribution in [1.29, 1.82) is 0 Å². The summed E-state index contributed by atoms with van der Waals surface area (Å²) in [6, 6.07) is 10.5. The number of rotatable bonds is 5. The lowest BCUT2D eigenvalue weighted by Gasteiger charge is -2.28. The van der Waals surface area contributed by atoms with Crippen LogP contribution in [0, 0.1) is 0 Å². The van der Waals surface area contributed by atoms with Gasteiger partial charge in [0.15, 0.2) is 6.29 Å². The first-order valence-corrected chi connectivity index (χ1v) is 6.43. The summed E-state index contributed by atoms with van der Waals surface area (Å²) in [6.45, 7) is 5.84. The number of nitrogens with zero attached hydrogens (tertiary/aromatic N) is 1. The first kappa shape index (κ1) is 12.4. The van der Waals surface area contributed by atoms with Crippen LogP contribution in [-0.4, -0.2) is 32.6 Å². The van der Waals surface area contributed by atoms with Gasteiger partial charge in [-0.05, 0) is 25.5 Å². The molecule has 0 radical (unpaired) electrons. The first-order valence-electron chi connectivity index (χ1n) is 6.43. The largest absolute Gasteiger partial charge is 0.372 e. The zero-order valence-electron chi connectivity index (χ0n) is 10.5. The second kappa shape index (κ2) is 6.62. The predicted octanol–water partition coefficient (Wildman–Crippen LogP) is 2.67. The third-order valence-corrected chi connectivity index (χ3v) is 3.03. The molecule has 0 atom stereocenters. The molecule has 0 spiro atoms. The molecule has 3 nitrogen and oxygen atoms in total. The minimum atomic E-state index is -0.0125. The quantitative estimate of drug-likeness (QED) is 0.783. The molecule has 1 aliphatic rings. The number of para-hydroxylation sites is 1. The van der Waals surface area contributed by atoms with Crippen molar-refractivity contribution >= 4 is 5.69 Å². The number of anilines is 1. The Morgan fingerprint density at radius 2 is 1.88 bits per heavy atom. The smallest absolute Gasteiger partial charge is 0.159 e. The Labute approximate surface area is 103 Å². The van der Waals surface area contributed by atoms with Gasteiger partial charge in [-0.3, -0.25) is 0 Å². The lowest BCUT2D eigenvalue weighted by atomic mass is 10.2. The molecule has 94 valence electrons. The molecule has 0 aromatic heterocycles. The Bertz CT molecular complexity index is 309. The Kier molecular flexibility index (Phi) is 4.83. The molecule has 1 heterocycles. The summed E-state index contributed by atoms with van der Waals surface area (Å²) in [5.74, 6) is 0. The normalized spacial score (nSPS) is 17.0. The second-order valence-corrected chi connectivity index (χ2v) is 4.23. The highest BCUT2D eigenvalue weighted by molar-refractivity contribution is 5.45. The highest BCUT2D eigenvalue weighted by atomic mass is 16.7. The third-order valence-electron chi connectivity index (χ3n) is 3.03. The molecule has 1 saturated heterocycles. The van der Waals surface area contributed by atoms with Gasteiger partial charge in [0, 0.05) is 25.2 Å². The third kappa shape index (κ3) is 3.72. The minimum absolute atomic E-state index is 0.0125. The molecule has 0 bridgehead atoms. The van der Waals surface area contributed by atoms with E-state index >= 15 is 0 Å². The molecule has 0 amide bonds. The summed E-state index contributed by atoms with van der Waals surface area (Å²) in [5, 5.41) is 0. The summed E-state index contributed by atoms with van der Waals surface area (Å²) in [6.07, 6.45) is 1.94. The highest BCUT2D eigenvalue weighted by Crippen LogP contribution is 2.15. The van der Waals surface area contributed by atoms with Gasteiger partial charge in [0.25, 0.3) is 0 Å². The molecule has 3 heteroatoms. The summed E-state index contributed by atoms with van der Waals surface area (Å²) in [4.78, 5) is 2.35. The first-order chi connectivity index (χ1) is 8.40. The molecule has 1 fully saturated rings. The van der Waals surface area contributed by atoms with Gasteiger partial charge in [-0.25, -0.2) is 0 Å². The van der Waals surface area contributed by atoms with Gasteiger partial charge in [-0.2, -0.15) is 0 Å². The van der Waals surface area contributed by atoms with E-state index in [9.17, 15) is 0 Å². The van der Waals surface area contributed by atoms with E-state index in [-0.39, 0.29) is 6.29 Å². The fourth-order valence-corrected chi connectivity index (χ4v) is 2.07. The Hall–Kier alpha value is -1.06. The standard InChI is InChI=1S/C14H21NO2/c1-2-15(13-7-4-3-5-8-13)10-9-14-16-11-6-12-17-14/h3-5,7-8,14H,2,6,9-12H2,1H3. The van der Waals surface area contributed by atoms with Crippen molar-refractivity contribution in [3.63, 3.8) is 0 Å². The minimum Gasteiger partial charge on any atom is -0.372 e. The molecule has 17 heavy (non-hydrogen) atoms. The van der Waals surface area contributed by atoms with Crippen LogP contribution in [-0.2, 0) is 9.47 Å². The molecule has 0 aliphatic carbocycles. The van der Waals surface area contributed by atoms with Crippen LogP contribution < -0.4 is 4.90 Å². The van der Waals surface area contributed by atoms with Crippen molar-refractivity contribution in [2.24, 2.45) is 0 Å². The van der Waals surface area contributed by atoms with Crippen molar-refractivity contribution in [1.82, 2.24) is 0 Å². The number of hydrogen-bond donors (Lipinski definition) is 0. The van der Waals surface area contributed by atoms with Crippen LogP contribution in [0.2, 0.25) is 0 Å². The molecule has 0 saturated carbocycles. The van der Waals surface area contributed by atoms with Crippen molar-refractivity contribution in [3.8, 4) is 0 Å². The van der Waals surface area contributed by atoms with Crippen LogP contribution in [0.1, 0.15) is 19.8 Å². The average Bonchev–Trinajstić information content (AvgIpc) is 2.42. The molecular formula is C14H21NO2. The van der Waals surface area contributed by atoms with Crippen LogP contribution >= 0.6 is 0 Å². The van der Waals surface area contributed by atoms with E-state index in [1.807, 2.05) is 6.07 Å². The van der Waals surface area contributed by atoms with E-state index in [0.717, 1.165) is 39.1 Å². The predicted molar refractivity (Wildman–Crippen MR) is 69.3 cm³/mol. The van der Waals surface area contributed by atoms with Gasteiger partial charge >= 0.3 is 0 Å². The molecular weight excluding hydrogens is 214 g/mol. The Morgan fingerprint density at radius 3 is 2.53 bits per heavy atom. The van der Waals surface area contributed by atoms with Crippen molar-refractivity contribution < 1.29 is 9.47 Å². The zero-order chi connectivity index (χ0) is 11.9. The van der Waals surface area contributed by atoms with E-state index in [4.69, 9.17) is 9.47 Å². The monoisotopic (exact) mass is 235 g/mol.